The molecule has 0 unspecified atom stereocenters. The van der Waals surface area contributed by atoms with E-state index in [1.165, 1.54) is 0 Å². The molecule has 0 bridgehead atoms. The first kappa shape index (κ1) is 19.3. The maximum absolute atomic E-state index is 12.7. The zero-order valence-corrected chi connectivity index (χ0v) is 16.3. The first-order valence-corrected chi connectivity index (χ1v) is 9.57. The summed E-state index contributed by atoms with van der Waals surface area (Å²) in [5.74, 6) is 2.59. The van der Waals surface area contributed by atoms with Crippen molar-refractivity contribution < 1.29 is 18.8 Å². The van der Waals surface area contributed by atoms with Crippen molar-refractivity contribution in [2.45, 2.75) is 33.1 Å². The first-order valence-electron chi connectivity index (χ1n) is 9.57. The van der Waals surface area contributed by atoms with Gasteiger partial charge in [-0.05, 0) is 37.3 Å². The number of piperidine rings is 1. The van der Waals surface area contributed by atoms with Crippen molar-refractivity contribution in [1.29, 1.82) is 0 Å². The third-order valence-electron chi connectivity index (χ3n) is 4.72. The van der Waals surface area contributed by atoms with Crippen LogP contribution < -0.4 is 9.47 Å². The Morgan fingerprint density at radius 1 is 1.33 bits per heavy atom. The molecule has 1 aliphatic rings. The lowest BCUT2D eigenvalue weighted by Crippen LogP contribution is -2.41. The maximum atomic E-state index is 12.7. The van der Waals surface area contributed by atoms with Gasteiger partial charge in [0.25, 0.3) is 5.91 Å². The summed E-state index contributed by atoms with van der Waals surface area (Å²) in [6.45, 7) is 6.23. The molecule has 6 heteroatoms. The van der Waals surface area contributed by atoms with E-state index in [9.17, 15) is 4.79 Å². The highest BCUT2D eigenvalue weighted by Gasteiger charge is 2.27. The summed E-state index contributed by atoms with van der Waals surface area (Å²) < 4.78 is 16.4. The molecule has 3 rings (SSSR count). The summed E-state index contributed by atoms with van der Waals surface area (Å²) in [7, 11) is 1.64. The number of hydrogen-bond donors (Lipinski definition) is 0. The highest BCUT2D eigenvalue weighted by atomic mass is 16.5. The number of carbonyl (C=O) groups excluding carboxylic acids is 1. The molecule has 0 spiro atoms. The fraction of sp³-hybridized carbons (Fsp3) is 0.524. The first-order chi connectivity index (χ1) is 13.0. The van der Waals surface area contributed by atoms with Crippen molar-refractivity contribution in [2.75, 3.05) is 26.8 Å². The van der Waals surface area contributed by atoms with Crippen LogP contribution in [0.3, 0.4) is 0 Å². The van der Waals surface area contributed by atoms with Gasteiger partial charge >= 0.3 is 0 Å². The summed E-state index contributed by atoms with van der Waals surface area (Å²) in [5.41, 5.74) is 0.836. The quantitative estimate of drug-likeness (QED) is 0.739. The molecule has 0 radical (unpaired) electrons. The minimum Gasteiger partial charge on any atom is -0.497 e. The summed E-state index contributed by atoms with van der Waals surface area (Å²) in [4.78, 5) is 14.6. The fourth-order valence-corrected chi connectivity index (χ4v) is 3.37. The van der Waals surface area contributed by atoms with Crippen LogP contribution in [0.5, 0.6) is 11.5 Å². The zero-order chi connectivity index (χ0) is 19.2. The van der Waals surface area contributed by atoms with Gasteiger partial charge in [-0.15, -0.1) is 0 Å². The van der Waals surface area contributed by atoms with E-state index in [0.29, 0.717) is 30.7 Å². The van der Waals surface area contributed by atoms with Crippen molar-refractivity contribution in [3.63, 3.8) is 0 Å². The van der Waals surface area contributed by atoms with Crippen molar-refractivity contribution in [3.05, 3.63) is 41.8 Å². The summed E-state index contributed by atoms with van der Waals surface area (Å²) in [5, 5.41) is 4.02. The monoisotopic (exact) mass is 372 g/mol. The number of aromatic nitrogens is 1. The average molecular weight is 372 g/mol. The van der Waals surface area contributed by atoms with E-state index in [1.54, 1.807) is 13.2 Å². The molecule has 1 amide bonds. The Hall–Kier alpha value is -2.50. The number of carbonyl (C=O) groups is 1. The minimum atomic E-state index is -0.0800. The Labute approximate surface area is 160 Å². The topological polar surface area (TPSA) is 64.8 Å². The predicted octanol–water partition coefficient (Wildman–Crippen LogP) is 3.81. The molecule has 1 saturated heterocycles. The molecule has 1 atom stereocenters. The molecule has 27 heavy (non-hydrogen) atoms. The number of benzene rings is 1. The minimum absolute atomic E-state index is 0.0800. The third kappa shape index (κ3) is 5.25. The lowest BCUT2D eigenvalue weighted by Gasteiger charge is -2.32. The summed E-state index contributed by atoms with van der Waals surface area (Å²) in [6, 6.07) is 9.36. The largest absolute Gasteiger partial charge is 0.497 e. The molecule has 1 aromatic carbocycles. The van der Waals surface area contributed by atoms with Crippen LogP contribution >= 0.6 is 0 Å². The number of rotatable bonds is 7. The van der Waals surface area contributed by atoms with Crippen LogP contribution in [0.1, 0.15) is 42.9 Å². The van der Waals surface area contributed by atoms with E-state index in [0.717, 1.165) is 43.0 Å². The molecular weight excluding hydrogens is 344 g/mol. The molecule has 0 aliphatic carbocycles. The molecule has 1 aliphatic heterocycles. The molecule has 2 aromatic rings. The normalized spacial score (nSPS) is 17.2. The van der Waals surface area contributed by atoms with E-state index in [4.69, 9.17) is 14.0 Å². The van der Waals surface area contributed by atoms with Crippen molar-refractivity contribution in [1.82, 2.24) is 10.1 Å². The standard InChI is InChI=1S/C21H28N2O4/c1-15(2)10-17-11-20(27-22-17)21(24)23-9-5-6-16(13-23)14-26-19-8-4-7-18(12-19)25-3/h4,7-8,11-12,15-16H,5-6,9-10,13-14H2,1-3H3/t16-/m0/s1. The van der Waals surface area contributed by atoms with E-state index < -0.39 is 0 Å². The molecule has 2 heterocycles. The lowest BCUT2D eigenvalue weighted by atomic mass is 9.98. The van der Waals surface area contributed by atoms with E-state index in [2.05, 4.69) is 19.0 Å². The van der Waals surface area contributed by atoms with Crippen molar-refractivity contribution >= 4 is 5.91 Å². The number of methoxy groups -OCH3 is 1. The van der Waals surface area contributed by atoms with Gasteiger partial charge in [-0.1, -0.05) is 25.1 Å². The van der Waals surface area contributed by atoms with E-state index >= 15 is 0 Å². The Morgan fingerprint density at radius 3 is 2.93 bits per heavy atom. The van der Waals surface area contributed by atoms with Gasteiger partial charge in [0, 0.05) is 31.1 Å². The van der Waals surface area contributed by atoms with Gasteiger partial charge in [-0.25, -0.2) is 0 Å². The van der Waals surface area contributed by atoms with Crippen LogP contribution in [0.2, 0.25) is 0 Å². The summed E-state index contributed by atoms with van der Waals surface area (Å²) in [6.07, 6.45) is 2.82. The second kappa shape index (κ2) is 8.93. The molecule has 1 fully saturated rings. The van der Waals surface area contributed by atoms with Crippen LogP contribution in [0.15, 0.2) is 34.9 Å². The van der Waals surface area contributed by atoms with Gasteiger partial charge in [-0.3, -0.25) is 4.79 Å². The second-order valence-corrected chi connectivity index (χ2v) is 7.53. The number of amides is 1. The van der Waals surface area contributed by atoms with Crippen LogP contribution in [0.4, 0.5) is 0 Å². The Bertz CT molecular complexity index is 756. The highest BCUT2D eigenvalue weighted by Crippen LogP contribution is 2.23. The number of likely N-dealkylation sites (tertiary alicyclic amines) is 1. The van der Waals surface area contributed by atoms with E-state index in [-0.39, 0.29) is 5.91 Å². The zero-order valence-electron chi connectivity index (χ0n) is 16.3. The predicted molar refractivity (Wildman–Crippen MR) is 102 cm³/mol. The second-order valence-electron chi connectivity index (χ2n) is 7.53. The van der Waals surface area contributed by atoms with Crippen molar-refractivity contribution in [3.8, 4) is 11.5 Å². The highest BCUT2D eigenvalue weighted by molar-refractivity contribution is 5.91. The van der Waals surface area contributed by atoms with Gasteiger partial charge in [0.15, 0.2) is 0 Å². The van der Waals surface area contributed by atoms with Gasteiger partial charge in [0.2, 0.25) is 5.76 Å². The summed E-state index contributed by atoms with van der Waals surface area (Å²) >= 11 is 0. The van der Waals surface area contributed by atoms with E-state index in [1.807, 2.05) is 29.2 Å². The third-order valence-corrected chi connectivity index (χ3v) is 4.72. The average Bonchev–Trinajstić information content (AvgIpc) is 3.14. The van der Waals surface area contributed by atoms with Crippen LogP contribution in [-0.4, -0.2) is 42.8 Å². The molecule has 1 aromatic heterocycles. The Kier molecular flexibility index (Phi) is 6.37. The number of nitrogens with zero attached hydrogens (tertiary/aromatic N) is 2. The van der Waals surface area contributed by atoms with Crippen molar-refractivity contribution in [2.24, 2.45) is 11.8 Å². The lowest BCUT2D eigenvalue weighted by molar-refractivity contribution is 0.0593. The Morgan fingerprint density at radius 2 is 2.15 bits per heavy atom. The van der Waals surface area contributed by atoms with Gasteiger partial charge in [-0.2, -0.15) is 0 Å². The molecular formula is C21H28N2O4. The smallest absolute Gasteiger partial charge is 0.292 e. The molecule has 0 N–H and O–H groups in total. The fourth-order valence-electron chi connectivity index (χ4n) is 3.37. The SMILES string of the molecule is COc1cccc(OC[C@H]2CCCN(C(=O)c3cc(CC(C)C)no3)C2)c1. The Balaban J connectivity index is 1.55. The molecule has 6 nitrogen and oxygen atoms in total. The molecule has 146 valence electrons. The van der Waals surface area contributed by atoms with Crippen LogP contribution in [0.25, 0.3) is 0 Å². The van der Waals surface area contributed by atoms with Gasteiger partial charge in [0.1, 0.15) is 11.5 Å². The maximum Gasteiger partial charge on any atom is 0.292 e. The van der Waals surface area contributed by atoms with Gasteiger partial charge in [0.05, 0.1) is 19.4 Å². The van der Waals surface area contributed by atoms with Crippen LogP contribution in [0, 0.1) is 11.8 Å². The van der Waals surface area contributed by atoms with Gasteiger partial charge < -0.3 is 18.9 Å². The van der Waals surface area contributed by atoms with Crippen LogP contribution in [-0.2, 0) is 6.42 Å². The number of hydrogen-bond acceptors (Lipinski definition) is 5. The molecule has 0 saturated carbocycles. The number of ether oxygens (including phenoxy) is 2.